The van der Waals surface area contributed by atoms with E-state index in [1.807, 2.05) is 61.5 Å². The predicted octanol–water partition coefficient (Wildman–Crippen LogP) is 4.15. The molecular formula is C21H18N4O4. The third-order valence-electron chi connectivity index (χ3n) is 4.73. The molecule has 4 aromatic rings. The lowest BCUT2D eigenvalue weighted by atomic mass is 10.0. The van der Waals surface area contributed by atoms with Gasteiger partial charge in [-0.25, -0.2) is 0 Å². The van der Waals surface area contributed by atoms with Gasteiger partial charge >= 0.3 is 5.69 Å². The monoisotopic (exact) mass is 390 g/mol. The van der Waals surface area contributed by atoms with Crippen LogP contribution < -0.4 is 9.47 Å². The largest absolute Gasteiger partial charge is 0.490 e. The molecule has 0 spiro atoms. The van der Waals surface area contributed by atoms with Crippen LogP contribution >= 0.6 is 0 Å². The average molecular weight is 390 g/mol. The number of nitrogens with zero attached hydrogens (tertiary/aromatic N) is 4. The van der Waals surface area contributed by atoms with Crippen LogP contribution in [-0.4, -0.2) is 27.0 Å². The Bertz CT molecular complexity index is 1180. The van der Waals surface area contributed by atoms with E-state index in [1.165, 1.54) is 13.2 Å². The Balaban J connectivity index is 1.92. The molecule has 8 nitrogen and oxygen atoms in total. The van der Waals surface area contributed by atoms with Crippen LogP contribution in [0, 0.1) is 10.1 Å². The Morgan fingerprint density at radius 2 is 1.76 bits per heavy atom. The molecule has 0 N–H and O–H groups in total. The third-order valence-corrected chi connectivity index (χ3v) is 4.73. The first kappa shape index (κ1) is 18.4. The molecule has 0 saturated heterocycles. The molecule has 1 atom stereocenters. The molecule has 8 heteroatoms. The zero-order valence-corrected chi connectivity index (χ0v) is 15.9. The SMILES string of the molecule is COc1cc(C(C)(Oc2ccccc2)n2nnc3ccccc32)ccc1[N+](=O)[O-]. The first-order valence-corrected chi connectivity index (χ1v) is 8.91. The normalized spacial score (nSPS) is 13.0. The highest BCUT2D eigenvalue weighted by Crippen LogP contribution is 2.36. The van der Waals surface area contributed by atoms with Gasteiger partial charge in [0, 0.05) is 18.6 Å². The lowest BCUT2D eigenvalue weighted by Crippen LogP contribution is -2.38. The Morgan fingerprint density at radius 1 is 1.03 bits per heavy atom. The molecule has 0 aliphatic rings. The van der Waals surface area contributed by atoms with Gasteiger partial charge in [0.2, 0.25) is 5.72 Å². The molecule has 0 aliphatic heterocycles. The quantitative estimate of drug-likeness (QED) is 0.363. The molecule has 0 saturated carbocycles. The number of hydrogen-bond donors (Lipinski definition) is 0. The number of aromatic nitrogens is 3. The van der Waals surface area contributed by atoms with Crippen molar-refractivity contribution in [2.75, 3.05) is 7.11 Å². The molecule has 1 unspecified atom stereocenters. The van der Waals surface area contributed by atoms with E-state index in [1.54, 1.807) is 16.8 Å². The van der Waals surface area contributed by atoms with Crippen molar-refractivity contribution in [3.8, 4) is 11.5 Å². The average Bonchev–Trinajstić information content (AvgIpc) is 3.18. The molecule has 0 amide bonds. The van der Waals surface area contributed by atoms with Crippen LogP contribution in [0.4, 0.5) is 5.69 Å². The van der Waals surface area contributed by atoms with E-state index in [0.29, 0.717) is 16.8 Å². The number of rotatable bonds is 6. The Hall–Kier alpha value is -3.94. The number of nitro benzene ring substituents is 1. The number of fused-ring (bicyclic) bond motifs is 1. The predicted molar refractivity (Wildman–Crippen MR) is 107 cm³/mol. The summed E-state index contributed by atoms with van der Waals surface area (Å²) in [5.74, 6) is 0.756. The summed E-state index contributed by atoms with van der Waals surface area (Å²) in [4.78, 5) is 10.8. The van der Waals surface area contributed by atoms with Crippen LogP contribution in [0.15, 0.2) is 72.8 Å². The summed E-state index contributed by atoms with van der Waals surface area (Å²) in [6.45, 7) is 1.84. The fourth-order valence-electron chi connectivity index (χ4n) is 3.24. The summed E-state index contributed by atoms with van der Waals surface area (Å²) in [5, 5.41) is 19.9. The molecule has 146 valence electrons. The maximum Gasteiger partial charge on any atom is 0.310 e. The minimum Gasteiger partial charge on any atom is -0.490 e. The standard InChI is InChI=1S/C21H18N4O4/c1-21(29-16-8-4-3-5-9-16,24-18-11-7-6-10-17(18)22-23-24)15-12-13-19(25(26)27)20(14-15)28-2/h3-14H,1-2H3. The van der Waals surface area contributed by atoms with Gasteiger partial charge in [-0.05, 0) is 36.4 Å². The van der Waals surface area contributed by atoms with Crippen LogP contribution in [0.5, 0.6) is 11.5 Å². The van der Waals surface area contributed by atoms with Gasteiger partial charge < -0.3 is 9.47 Å². The number of hydrogen-bond acceptors (Lipinski definition) is 6. The summed E-state index contributed by atoms with van der Waals surface area (Å²) in [6, 6.07) is 21.5. The zero-order valence-electron chi connectivity index (χ0n) is 15.9. The van der Waals surface area contributed by atoms with Gasteiger partial charge in [0.25, 0.3) is 0 Å². The van der Waals surface area contributed by atoms with Crippen LogP contribution in [0.3, 0.4) is 0 Å². The number of ether oxygens (including phenoxy) is 2. The van der Waals surface area contributed by atoms with Crippen LogP contribution in [0.1, 0.15) is 12.5 Å². The summed E-state index contributed by atoms with van der Waals surface area (Å²) in [5.41, 5.74) is 0.841. The highest BCUT2D eigenvalue weighted by atomic mass is 16.6. The molecule has 4 rings (SSSR count). The van der Waals surface area contributed by atoms with Gasteiger partial charge in [-0.1, -0.05) is 35.5 Å². The molecule has 0 bridgehead atoms. The lowest BCUT2D eigenvalue weighted by molar-refractivity contribution is -0.385. The van der Waals surface area contributed by atoms with E-state index in [9.17, 15) is 10.1 Å². The first-order valence-electron chi connectivity index (χ1n) is 8.91. The summed E-state index contributed by atoms with van der Waals surface area (Å²) >= 11 is 0. The van der Waals surface area contributed by atoms with Gasteiger partial charge in [0.1, 0.15) is 11.3 Å². The van der Waals surface area contributed by atoms with E-state index < -0.39 is 10.6 Å². The maximum atomic E-state index is 11.3. The van der Waals surface area contributed by atoms with Crippen LogP contribution in [-0.2, 0) is 5.72 Å². The highest BCUT2D eigenvalue weighted by Gasteiger charge is 2.36. The Labute approximate surface area is 166 Å². The van der Waals surface area contributed by atoms with Crippen molar-refractivity contribution in [2.24, 2.45) is 0 Å². The second kappa shape index (κ2) is 7.23. The van der Waals surface area contributed by atoms with Gasteiger partial charge in [0.15, 0.2) is 5.75 Å². The van der Waals surface area contributed by atoms with E-state index in [0.717, 1.165) is 5.52 Å². The Morgan fingerprint density at radius 3 is 2.48 bits per heavy atom. The smallest absolute Gasteiger partial charge is 0.310 e. The topological polar surface area (TPSA) is 92.3 Å². The summed E-state index contributed by atoms with van der Waals surface area (Å²) in [6.07, 6.45) is 0. The number of benzene rings is 3. The van der Waals surface area contributed by atoms with Gasteiger partial charge in [-0.2, -0.15) is 4.68 Å². The van der Waals surface area contributed by atoms with Crippen molar-refractivity contribution in [1.82, 2.24) is 15.0 Å². The first-order chi connectivity index (χ1) is 14.0. The molecule has 29 heavy (non-hydrogen) atoms. The molecule has 0 radical (unpaired) electrons. The summed E-state index contributed by atoms with van der Waals surface area (Å²) in [7, 11) is 1.40. The number of nitro groups is 1. The molecule has 0 fully saturated rings. The van der Waals surface area contributed by atoms with E-state index in [4.69, 9.17) is 9.47 Å². The molecule has 3 aromatic carbocycles. The van der Waals surface area contributed by atoms with E-state index >= 15 is 0 Å². The second-order valence-corrected chi connectivity index (χ2v) is 6.53. The van der Waals surface area contributed by atoms with Gasteiger partial charge in [-0.3, -0.25) is 10.1 Å². The molecule has 1 aromatic heterocycles. The second-order valence-electron chi connectivity index (χ2n) is 6.53. The Kier molecular flexibility index (Phi) is 4.59. The number of methoxy groups -OCH3 is 1. The minimum absolute atomic E-state index is 0.123. The fraction of sp³-hybridized carbons (Fsp3) is 0.143. The van der Waals surface area contributed by atoms with Crippen molar-refractivity contribution in [3.05, 3.63) is 88.5 Å². The lowest BCUT2D eigenvalue weighted by Gasteiger charge is -2.31. The van der Waals surface area contributed by atoms with Crippen molar-refractivity contribution >= 4 is 16.7 Å². The summed E-state index contributed by atoms with van der Waals surface area (Å²) < 4.78 is 13.3. The van der Waals surface area contributed by atoms with E-state index in [2.05, 4.69) is 10.3 Å². The fourth-order valence-corrected chi connectivity index (χ4v) is 3.24. The third kappa shape index (κ3) is 3.25. The molecular weight excluding hydrogens is 372 g/mol. The number of para-hydroxylation sites is 2. The van der Waals surface area contributed by atoms with Gasteiger partial charge in [0.05, 0.1) is 17.5 Å². The van der Waals surface area contributed by atoms with E-state index in [-0.39, 0.29) is 11.4 Å². The van der Waals surface area contributed by atoms with Crippen LogP contribution in [0.25, 0.3) is 11.0 Å². The minimum atomic E-state index is -1.14. The van der Waals surface area contributed by atoms with Crippen molar-refractivity contribution in [3.63, 3.8) is 0 Å². The van der Waals surface area contributed by atoms with Crippen LogP contribution in [0.2, 0.25) is 0 Å². The van der Waals surface area contributed by atoms with Crippen molar-refractivity contribution in [1.29, 1.82) is 0 Å². The van der Waals surface area contributed by atoms with Crippen molar-refractivity contribution < 1.29 is 14.4 Å². The molecule has 1 heterocycles. The molecule has 0 aliphatic carbocycles. The zero-order chi connectivity index (χ0) is 20.4. The van der Waals surface area contributed by atoms with Gasteiger partial charge in [-0.15, -0.1) is 5.10 Å². The highest BCUT2D eigenvalue weighted by molar-refractivity contribution is 5.74. The van der Waals surface area contributed by atoms with Crippen molar-refractivity contribution in [2.45, 2.75) is 12.6 Å². The maximum absolute atomic E-state index is 11.3.